The highest BCUT2D eigenvalue weighted by Crippen LogP contribution is 2.17. The van der Waals surface area contributed by atoms with Crippen LogP contribution in [0.5, 0.6) is 5.75 Å². The van der Waals surface area contributed by atoms with E-state index in [4.69, 9.17) is 4.74 Å². The first-order valence-corrected chi connectivity index (χ1v) is 7.00. The summed E-state index contributed by atoms with van der Waals surface area (Å²) >= 11 is 0. The van der Waals surface area contributed by atoms with Gasteiger partial charge in [-0.05, 0) is 31.5 Å². The van der Waals surface area contributed by atoms with Crippen LogP contribution in [0.25, 0.3) is 0 Å². The van der Waals surface area contributed by atoms with Gasteiger partial charge in [0.05, 0.1) is 12.7 Å². The standard InChI is InChI=1S/C15H21FN2O2/c1-3-18-8-6-11(7-9-18)17-15(19)13-5-4-12(20-2)10-14(13)16/h4-5,10-11H,3,6-9H2,1-2H3,(H,17,19). The van der Waals surface area contributed by atoms with Crippen LogP contribution in [0.2, 0.25) is 0 Å². The molecule has 1 saturated heterocycles. The van der Waals surface area contributed by atoms with E-state index in [0.29, 0.717) is 5.75 Å². The maximum atomic E-state index is 13.8. The summed E-state index contributed by atoms with van der Waals surface area (Å²) in [5.74, 6) is -0.483. The summed E-state index contributed by atoms with van der Waals surface area (Å²) in [5, 5.41) is 2.91. The third-order valence-corrected chi connectivity index (χ3v) is 3.79. The van der Waals surface area contributed by atoms with Gasteiger partial charge in [0.2, 0.25) is 0 Å². The molecule has 1 amide bonds. The highest BCUT2D eigenvalue weighted by molar-refractivity contribution is 5.94. The first-order valence-electron chi connectivity index (χ1n) is 7.00. The molecule has 0 spiro atoms. The fourth-order valence-corrected chi connectivity index (χ4v) is 2.46. The molecule has 0 radical (unpaired) electrons. The normalized spacial score (nSPS) is 16.9. The average molecular weight is 280 g/mol. The van der Waals surface area contributed by atoms with Gasteiger partial charge < -0.3 is 15.0 Å². The minimum Gasteiger partial charge on any atom is -0.497 e. The monoisotopic (exact) mass is 280 g/mol. The second kappa shape index (κ2) is 6.70. The molecular formula is C15H21FN2O2. The van der Waals surface area contributed by atoms with Gasteiger partial charge in [0.15, 0.2) is 0 Å². The van der Waals surface area contributed by atoms with Crippen LogP contribution in [0.15, 0.2) is 18.2 Å². The van der Waals surface area contributed by atoms with Crippen LogP contribution < -0.4 is 10.1 Å². The number of nitrogens with zero attached hydrogens (tertiary/aromatic N) is 1. The number of rotatable bonds is 4. The maximum Gasteiger partial charge on any atom is 0.254 e. The SMILES string of the molecule is CCN1CCC(NC(=O)c2ccc(OC)cc2F)CC1. The molecule has 1 fully saturated rings. The smallest absolute Gasteiger partial charge is 0.254 e. The Hall–Kier alpha value is -1.62. The average Bonchev–Trinajstić information content (AvgIpc) is 2.47. The lowest BCUT2D eigenvalue weighted by atomic mass is 10.0. The molecular weight excluding hydrogens is 259 g/mol. The van der Waals surface area contributed by atoms with Crippen molar-refractivity contribution in [3.05, 3.63) is 29.6 Å². The van der Waals surface area contributed by atoms with Crippen LogP contribution in [0.1, 0.15) is 30.1 Å². The molecule has 0 aromatic heterocycles. The van der Waals surface area contributed by atoms with E-state index in [0.717, 1.165) is 32.5 Å². The lowest BCUT2D eigenvalue weighted by Gasteiger charge is -2.31. The summed E-state index contributed by atoms with van der Waals surface area (Å²) in [4.78, 5) is 14.4. The number of likely N-dealkylation sites (tertiary alicyclic amines) is 1. The molecule has 0 aliphatic carbocycles. The van der Waals surface area contributed by atoms with Gasteiger partial charge in [-0.15, -0.1) is 0 Å². The summed E-state index contributed by atoms with van der Waals surface area (Å²) in [7, 11) is 1.47. The summed E-state index contributed by atoms with van der Waals surface area (Å²) in [6.07, 6.45) is 1.83. The van der Waals surface area contributed by atoms with Gasteiger partial charge in [0.1, 0.15) is 11.6 Å². The van der Waals surface area contributed by atoms with Gasteiger partial charge in [-0.25, -0.2) is 4.39 Å². The predicted octanol–water partition coefficient (Wildman–Crippen LogP) is 2.05. The predicted molar refractivity (Wildman–Crippen MR) is 75.6 cm³/mol. The second-order valence-corrected chi connectivity index (χ2v) is 5.03. The number of carbonyl (C=O) groups excluding carboxylic acids is 1. The molecule has 4 nitrogen and oxygen atoms in total. The van der Waals surface area contributed by atoms with Crippen LogP contribution in [0, 0.1) is 5.82 Å². The van der Waals surface area contributed by atoms with Crippen molar-refractivity contribution in [2.45, 2.75) is 25.8 Å². The van der Waals surface area contributed by atoms with Gasteiger partial charge >= 0.3 is 0 Å². The first-order chi connectivity index (χ1) is 9.63. The van der Waals surface area contributed by atoms with Crippen molar-refractivity contribution in [2.75, 3.05) is 26.7 Å². The number of methoxy groups -OCH3 is 1. The Bertz CT molecular complexity index is 471. The van der Waals surface area contributed by atoms with Crippen LogP contribution in [-0.4, -0.2) is 43.6 Å². The topological polar surface area (TPSA) is 41.6 Å². The molecule has 2 rings (SSSR count). The minimum atomic E-state index is -0.548. The maximum absolute atomic E-state index is 13.8. The van der Waals surface area contributed by atoms with E-state index in [1.807, 2.05) is 0 Å². The number of halogens is 1. The molecule has 1 aliphatic rings. The second-order valence-electron chi connectivity index (χ2n) is 5.03. The summed E-state index contributed by atoms with van der Waals surface area (Å²) in [6, 6.07) is 4.42. The van der Waals surface area contributed by atoms with Crippen LogP contribution >= 0.6 is 0 Å². The van der Waals surface area contributed by atoms with Gasteiger partial charge in [-0.2, -0.15) is 0 Å². The molecule has 0 atom stereocenters. The van der Waals surface area contributed by atoms with E-state index in [1.165, 1.54) is 19.2 Å². The van der Waals surface area contributed by atoms with Gasteiger partial charge in [0, 0.05) is 25.2 Å². The molecule has 110 valence electrons. The molecule has 0 bridgehead atoms. The lowest BCUT2D eigenvalue weighted by molar-refractivity contribution is 0.0908. The van der Waals surface area contributed by atoms with E-state index in [1.54, 1.807) is 6.07 Å². The fraction of sp³-hybridized carbons (Fsp3) is 0.533. The van der Waals surface area contributed by atoms with Gasteiger partial charge in [0.25, 0.3) is 5.91 Å². The molecule has 1 N–H and O–H groups in total. The number of piperidine rings is 1. The van der Waals surface area contributed by atoms with Crippen LogP contribution in [0.4, 0.5) is 4.39 Å². The molecule has 1 aromatic carbocycles. The molecule has 1 aliphatic heterocycles. The van der Waals surface area contributed by atoms with Crippen LogP contribution in [0.3, 0.4) is 0 Å². The fourth-order valence-electron chi connectivity index (χ4n) is 2.46. The minimum absolute atomic E-state index is 0.0729. The summed E-state index contributed by atoms with van der Waals surface area (Å²) in [6.45, 7) is 5.12. The van der Waals surface area contributed by atoms with Crippen molar-refractivity contribution in [3.63, 3.8) is 0 Å². The zero-order valence-corrected chi connectivity index (χ0v) is 12.0. The lowest BCUT2D eigenvalue weighted by Crippen LogP contribution is -2.44. The number of amides is 1. The summed E-state index contributed by atoms with van der Waals surface area (Å²) in [5.41, 5.74) is 0.0729. The molecule has 1 aromatic rings. The zero-order valence-electron chi connectivity index (χ0n) is 12.0. The third-order valence-electron chi connectivity index (χ3n) is 3.79. The molecule has 5 heteroatoms. The van der Waals surface area contributed by atoms with Crippen molar-refractivity contribution >= 4 is 5.91 Å². The van der Waals surface area contributed by atoms with E-state index in [-0.39, 0.29) is 17.5 Å². The van der Waals surface area contributed by atoms with Crippen molar-refractivity contribution in [3.8, 4) is 5.75 Å². The van der Waals surface area contributed by atoms with Crippen molar-refractivity contribution in [1.82, 2.24) is 10.2 Å². The Kier molecular flexibility index (Phi) is 4.95. The Labute approximate surface area is 118 Å². The highest BCUT2D eigenvalue weighted by Gasteiger charge is 2.21. The quantitative estimate of drug-likeness (QED) is 0.918. The Morgan fingerprint density at radius 3 is 2.70 bits per heavy atom. The number of hydrogen-bond donors (Lipinski definition) is 1. The molecule has 20 heavy (non-hydrogen) atoms. The van der Waals surface area contributed by atoms with E-state index in [9.17, 15) is 9.18 Å². The Morgan fingerprint density at radius 1 is 1.45 bits per heavy atom. The first kappa shape index (κ1) is 14.8. The number of nitrogens with one attached hydrogen (secondary N) is 1. The zero-order chi connectivity index (χ0) is 14.5. The number of hydrogen-bond acceptors (Lipinski definition) is 3. The van der Waals surface area contributed by atoms with E-state index >= 15 is 0 Å². The largest absolute Gasteiger partial charge is 0.497 e. The molecule has 0 unspecified atom stereocenters. The number of carbonyl (C=O) groups is 1. The van der Waals surface area contributed by atoms with Gasteiger partial charge in [-0.1, -0.05) is 6.92 Å². The van der Waals surface area contributed by atoms with Crippen molar-refractivity contribution in [1.29, 1.82) is 0 Å². The third kappa shape index (κ3) is 3.48. The summed E-state index contributed by atoms with van der Waals surface area (Å²) < 4.78 is 18.7. The van der Waals surface area contributed by atoms with Gasteiger partial charge in [-0.3, -0.25) is 4.79 Å². The highest BCUT2D eigenvalue weighted by atomic mass is 19.1. The van der Waals surface area contributed by atoms with Crippen molar-refractivity contribution < 1.29 is 13.9 Å². The Morgan fingerprint density at radius 2 is 2.15 bits per heavy atom. The number of benzene rings is 1. The Balaban J connectivity index is 1.95. The van der Waals surface area contributed by atoms with E-state index in [2.05, 4.69) is 17.1 Å². The van der Waals surface area contributed by atoms with E-state index < -0.39 is 5.82 Å². The molecule has 1 heterocycles. The van der Waals surface area contributed by atoms with Crippen molar-refractivity contribution in [2.24, 2.45) is 0 Å². The van der Waals surface area contributed by atoms with Crippen LogP contribution in [-0.2, 0) is 0 Å². The molecule has 0 saturated carbocycles. The number of ether oxygens (including phenoxy) is 1.